The monoisotopic (exact) mass is 501 g/mol. The van der Waals surface area contributed by atoms with Gasteiger partial charge in [0, 0.05) is 11.3 Å². The second-order valence-corrected chi connectivity index (χ2v) is 10.4. The summed E-state index contributed by atoms with van der Waals surface area (Å²) in [6, 6.07) is 48.0. The zero-order valence-electron chi connectivity index (χ0n) is 22.8. The number of benzene rings is 5. The molecule has 5 aromatic carbocycles. The van der Waals surface area contributed by atoms with Crippen LogP contribution in [0.15, 0.2) is 133 Å². The lowest BCUT2D eigenvalue weighted by Crippen LogP contribution is -2.50. The van der Waals surface area contributed by atoms with Gasteiger partial charge in [0.1, 0.15) is 0 Å². The summed E-state index contributed by atoms with van der Waals surface area (Å²) in [5, 5.41) is 4.11. The first-order valence-electron chi connectivity index (χ1n) is 13.7. The zero-order valence-corrected chi connectivity index (χ0v) is 22.8. The van der Waals surface area contributed by atoms with Crippen LogP contribution in [0.3, 0.4) is 0 Å². The van der Waals surface area contributed by atoms with E-state index in [0.29, 0.717) is 0 Å². The maximum Gasteiger partial charge on any atom is 0.322 e. The molecule has 0 aromatic heterocycles. The van der Waals surface area contributed by atoms with Crippen molar-refractivity contribution in [3.8, 4) is 0 Å². The summed E-state index contributed by atoms with van der Waals surface area (Å²) in [5.41, 5.74) is 15.0. The Morgan fingerprint density at radius 3 is 1.36 bits per heavy atom. The molecule has 0 bridgehead atoms. The summed E-state index contributed by atoms with van der Waals surface area (Å²) in [4.78, 5) is 0. The molecular formula is C37H32BN. The maximum atomic E-state index is 4.11. The molecule has 39 heavy (non-hydrogen) atoms. The Balaban J connectivity index is 1.78. The molecule has 0 saturated carbocycles. The van der Waals surface area contributed by atoms with E-state index < -0.39 is 0 Å². The third-order valence-electron chi connectivity index (χ3n) is 7.65. The molecule has 2 heteroatoms. The molecular weight excluding hydrogens is 469 g/mol. The van der Waals surface area contributed by atoms with Gasteiger partial charge in [-0.3, -0.25) is 0 Å². The van der Waals surface area contributed by atoms with Gasteiger partial charge in [-0.2, -0.15) is 0 Å². The van der Waals surface area contributed by atoms with Crippen molar-refractivity contribution in [2.24, 2.45) is 0 Å². The molecule has 1 N–H and O–H groups in total. The highest BCUT2D eigenvalue weighted by Crippen LogP contribution is 2.45. The molecule has 1 aliphatic heterocycles. The summed E-state index contributed by atoms with van der Waals surface area (Å²) in [6.07, 6.45) is 0. The van der Waals surface area contributed by atoms with Crippen LogP contribution in [0, 0.1) is 20.8 Å². The van der Waals surface area contributed by atoms with Crippen LogP contribution in [0.1, 0.15) is 38.9 Å². The summed E-state index contributed by atoms with van der Waals surface area (Å²) in [5.74, 6) is 0. The lowest BCUT2D eigenvalue weighted by atomic mass is 9.43. The van der Waals surface area contributed by atoms with E-state index in [1.807, 2.05) is 0 Å². The van der Waals surface area contributed by atoms with E-state index in [4.69, 9.17) is 0 Å². The number of rotatable bonds is 5. The lowest BCUT2D eigenvalue weighted by molar-refractivity contribution is 1.30. The molecule has 188 valence electrons. The quantitative estimate of drug-likeness (QED) is 0.240. The SMILES string of the molecule is Cc1cc(C)c(B2NC(c3ccccc3)=C(c3ccccc3)C(c3ccccc3)=C2c2ccccc2)c(C)c1. The second-order valence-electron chi connectivity index (χ2n) is 10.4. The van der Waals surface area contributed by atoms with Crippen LogP contribution in [0.5, 0.6) is 0 Å². The largest absolute Gasteiger partial charge is 0.419 e. The minimum Gasteiger partial charge on any atom is -0.419 e. The number of aryl methyl sites for hydroxylation is 3. The Labute approximate surface area is 232 Å². The Morgan fingerprint density at radius 1 is 0.462 bits per heavy atom. The standard InChI is InChI=1S/C37H32BN/c1-26-24-27(2)35(28(3)25-26)38-36(31-20-12-6-13-21-31)33(29-16-8-4-9-17-29)34(30-18-10-5-11-19-30)37(39-38)32-22-14-7-15-23-32/h4-25,39H,1-3H3. The van der Waals surface area contributed by atoms with Crippen molar-refractivity contribution in [3.05, 3.63) is 172 Å². The highest BCUT2D eigenvalue weighted by atomic mass is 14.8. The molecule has 1 aliphatic rings. The molecule has 0 fully saturated rings. The summed E-state index contributed by atoms with van der Waals surface area (Å²) in [6.45, 7) is 6.66. The van der Waals surface area contributed by atoms with Gasteiger partial charge in [0.15, 0.2) is 0 Å². The van der Waals surface area contributed by atoms with Crippen molar-refractivity contribution >= 4 is 34.6 Å². The van der Waals surface area contributed by atoms with E-state index in [-0.39, 0.29) is 6.85 Å². The van der Waals surface area contributed by atoms with Crippen LogP contribution in [0.4, 0.5) is 0 Å². The fourth-order valence-electron chi connectivity index (χ4n) is 6.12. The van der Waals surface area contributed by atoms with Gasteiger partial charge in [0.25, 0.3) is 0 Å². The Bertz CT molecular complexity index is 1640. The van der Waals surface area contributed by atoms with Crippen molar-refractivity contribution in [1.29, 1.82) is 0 Å². The fraction of sp³-hybridized carbons (Fsp3) is 0.0811. The first-order chi connectivity index (χ1) is 19.1. The van der Waals surface area contributed by atoms with Crippen LogP contribution >= 0.6 is 0 Å². The highest BCUT2D eigenvalue weighted by molar-refractivity contribution is 6.92. The first kappa shape index (κ1) is 24.8. The molecule has 1 nitrogen and oxygen atoms in total. The van der Waals surface area contributed by atoms with E-state index >= 15 is 0 Å². The van der Waals surface area contributed by atoms with Crippen LogP contribution < -0.4 is 10.7 Å². The molecule has 5 aromatic rings. The molecule has 0 unspecified atom stereocenters. The topological polar surface area (TPSA) is 12.0 Å². The van der Waals surface area contributed by atoms with Gasteiger partial charge in [0.05, 0.1) is 0 Å². The second kappa shape index (κ2) is 10.7. The van der Waals surface area contributed by atoms with E-state index in [0.717, 1.165) is 5.70 Å². The molecule has 0 radical (unpaired) electrons. The van der Waals surface area contributed by atoms with E-state index in [1.54, 1.807) is 0 Å². The Morgan fingerprint density at radius 2 is 0.872 bits per heavy atom. The third kappa shape index (κ3) is 4.75. The normalized spacial score (nSPS) is 13.5. The summed E-state index contributed by atoms with van der Waals surface area (Å²) < 4.78 is 0. The summed E-state index contributed by atoms with van der Waals surface area (Å²) in [7, 11) is 0. The van der Waals surface area contributed by atoms with Gasteiger partial charge >= 0.3 is 6.85 Å². The van der Waals surface area contributed by atoms with Gasteiger partial charge in [-0.15, -0.1) is 0 Å². The van der Waals surface area contributed by atoms with Crippen molar-refractivity contribution in [3.63, 3.8) is 0 Å². The average Bonchev–Trinajstić information content (AvgIpc) is 2.98. The number of nitrogens with one attached hydrogen (secondary N) is 1. The molecule has 0 spiro atoms. The molecule has 6 rings (SSSR count). The Kier molecular flexibility index (Phi) is 6.77. The van der Waals surface area contributed by atoms with Gasteiger partial charge < -0.3 is 5.23 Å². The van der Waals surface area contributed by atoms with E-state index in [9.17, 15) is 0 Å². The van der Waals surface area contributed by atoms with Gasteiger partial charge in [0.2, 0.25) is 0 Å². The predicted molar refractivity (Wildman–Crippen MR) is 169 cm³/mol. The molecule has 1 heterocycles. The lowest BCUT2D eigenvalue weighted by Gasteiger charge is -2.35. The van der Waals surface area contributed by atoms with E-state index in [2.05, 4.69) is 159 Å². The van der Waals surface area contributed by atoms with Crippen molar-refractivity contribution in [2.75, 3.05) is 0 Å². The van der Waals surface area contributed by atoms with Crippen molar-refractivity contribution in [1.82, 2.24) is 5.23 Å². The third-order valence-corrected chi connectivity index (χ3v) is 7.65. The van der Waals surface area contributed by atoms with Crippen molar-refractivity contribution in [2.45, 2.75) is 20.8 Å². The predicted octanol–water partition coefficient (Wildman–Crippen LogP) is 8.13. The van der Waals surface area contributed by atoms with Crippen LogP contribution in [0.2, 0.25) is 0 Å². The fourth-order valence-corrected chi connectivity index (χ4v) is 6.12. The number of hydrogen-bond donors (Lipinski definition) is 1. The molecule has 0 amide bonds. The van der Waals surface area contributed by atoms with Crippen LogP contribution in [0.25, 0.3) is 22.3 Å². The van der Waals surface area contributed by atoms with Crippen LogP contribution in [-0.4, -0.2) is 6.85 Å². The smallest absolute Gasteiger partial charge is 0.322 e. The van der Waals surface area contributed by atoms with Gasteiger partial charge in [-0.05, 0) is 59.5 Å². The van der Waals surface area contributed by atoms with Crippen molar-refractivity contribution < 1.29 is 0 Å². The van der Waals surface area contributed by atoms with Gasteiger partial charge in [-0.25, -0.2) is 0 Å². The molecule has 0 atom stereocenters. The Hall–Kier alpha value is -4.56. The first-order valence-corrected chi connectivity index (χ1v) is 13.7. The molecule has 0 aliphatic carbocycles. The maximum absolute atomic E-state index is 4.11. The zero-order chi connectivity index (χ0) is 26.8. The van der Waals surface area contributed by atoms with Gasteiger partial charge in [-0.1, -0.05) is 150 Å². The number of hydrogen-bond acceptors (Lipinski definition) is 1. The van der Waals surface area contributed by atoms with Crippen LogP contribution in [-0.2, 0) is 0 Å². The molecule has 0 saturated heterocycles. The average molecular weight is 501 g/mol. The summed E-state index contributed by atoms with van der Waals surface area (Å²) >= 11 is 0. The minimum atomic E-state index is -0.0223. The van der Waals surface area contributed by atoms with E-state index in [1.165, 1.54) is 61.0 Å². The minimum absolute atomic E-state index is 0.0223. The number of allylic oxidation sites excluding steroid dienone is 2. The highest BCUT2D eigenvalue weighted by Gasteiger charge is 2.37.